The zero-order chi connectivity index (χ0) is 32.7. The van der Waals surface area contributed by atoms with Crippen LogP contribution in [0.1, 0.15) is 54.3 Å². The first-order valence-corrected chi connectivity index (χ1v) is 15.4. The van der Waals surface area contributed by atoms with Crippen LogP contribution in [0, 0.1) is 11.2 Å². The van der Waals surface area contributed by atoms with E-state index in [0.717, 1.165) is 11.1 Å². The summed E-state index contributed by atoms with van der Waals surface area (Å²) >= 11 is 0. The maximum atomic E-state index is 16.4. The number of nitrogens with one attached hydrogen (secondary N) is 1. The number of allylic oxidation sites excluding steroid dienone is 1. The fourth-order valence-corrected chi connectivity index (χ4v) is 6.36. The number of anilines is 2. The number of benzene rings is 4. The van der Waals surface area contributed by atoms with Crippen LogP contribution in [0.15, 0.2) is 119 Å². The Bertz CT molecular complexity index is 2020. The van der Waals surface area contributed by atoms with Gasteiger partial charge in [-0.25, -0.2) is 4.39 Å². The minimum atomic E-state index is -1.20. The predicted octanol–water partition coefficient (Wildman–Crippen LogP) is 8.22. The number of hydrogen-bond donors (Lipinski definition) is 2. The van der Waals surface area contributed by atoms with Crippen molar-refractivity contribution in [1.29, 1.82) is 0 Å². The molecule has 1 aliphatic carbocycles. The van der Waals surface area contributed by atoms with Crippen LogP contribution in [0.2, 0.25) is 0 Å². The Morgan fingerprint density at radius 3 is 2.49 bits per heavy atom. The zero-order valence-electron chi connectivity index (χ0n) is 25.9. The quantitative estimate of drug-likeness (QED) is 0.182. The molecule has 0 bridgehead atoms. The normalized spacial score (nSPS) is 17.0. The first-order chi connectivity index (χ1) is 22.7. The van der Waals surface area contributed by atoms with Crippen LogP contribution in [-0.2, 0) is 11.4 Å². The third-order valence-corrected chi connectivity index (χ3v) is 8.53. The number of ketones is 1. The average Bonchev–Trinajstić information content (AvgIpc) is 3.50. The number of Topliss-reactive ketones (excluding diaryl/α,β-unsaturated/α-hetero) is 1. The lowest BCUT2D eigenvalue weighted by molar-refractivity contribution is -0.118. The van der Waals surface area contributed by atoms with E-state index in [1.54, 1.807) is 24.3 Å². The zero-order valence-corrected chi connectivity index (χ0v) is 25.9. The summed E-state index contributed by atoms with van der Waals surface area (Å²) in [5.74, 6) is -0.976. The minimum absolute atomic E-state index is 0.0426. The molecule has 0 saturated heterocycles. The molecule has 4 aromatic carbocycles. The van der Waals surface area contributed by atoms with Gasteiger partial charge in [-0.05, 0) is 41.7 Å². The van der Waals surface area contributed by atoms with E-state index in [4.69, 9.17) is 9.26 Å². The number of aromatic nitrogens is 1. The lowest BCUT2D eigenvalue weighted by atomic mass is 9.73. The highest BCUT2D eigenvalue weighted by Gasteiger charge is 2.45. The number of aromatic hydroxyl groups is 1. The van der Waals surface area contributed by atoms with E-state index in [-0.39, 0.29) is 52.8 Å². The second-order valence-corrected chi connectivity index (χ2v) is 12.6. The predicted molar refractivity (Wildman–Crippen MR) is 175 cm³/mol. The van der Waals surface area contributed by atoms with Crippen molar-refractivity contribution in [2.24, 2.45) is 5.41 Å². The van der Waals surface area contributed by atoms with E-state index in [0.29, 0.717) is 23.6 Å². The SMILES string of the molecule is CC1(C)CC(=O)C2=C(C1)Nc1c(O)cccc1N(C(=O)c1cc(-c3ccccc3)on1)C2c1ccc(OCc2ccccc2)cc1F. The smallest absolute Gasteiger partial charge is 0.281 e. The molecule has 1 aromatic heterocycles. The molecule has 2 heterocycles. The number of para-hydroxylation sites is 1. The van der Waals surface area contributed by atoms with Gasteiger partial charge in [-0.2, -0.15) is 0 Å². The van der Waals surface area contributed by atoms with Crippen LogP contribution in [-0.4, -0.2) is 22.0 Å². The van der Waals surface area contributed by atoms with Gasteiger partial charge in [-0.15, -0.1) is 0 Å². The number of carbonyl (C=O) groups is 2. The van der Waals surface area contributed by atoms with Crippen LogP contribution in [0.4, 0.5) is 15.8 Å². The Hall–Kier alpha value is -5.70. The van der Waals surface area contributed by atoms with Crippen molar-refractivity contribution in [3.63, 3.8) is 0 Å². The van der Waals surface area contributed by atoms with Crippen molar-refractivity contribution >= 4 is 23.1 Å². The summed E-state index contributed by atoms with van der Waals surface area (Å²) < 4.78 is 27.9. The standard InChI is InChI=1S/C38H32FN3O5/c1-38(2)20-29-34(32(44)21-38)36(26-17-16-25(18-27(26)39)46-22-23-10-5-3-6-11-23)42(30-14-9-15-31(43)35(30)40-29)37(45)28-19-33(47-41-28)24-12-7-4-8-13-24/h3-19,36,40,43H,20-22H2,1-2H3. The van der Waals surface area contributed by atoms with E-state index >= 15 is 4.39 Å². The Morgan fingerprint density at radius 2 is 1.74 bits per heavy atom. The molecule has 0 saturated carbocycles. The summed E-state index contributed by atoms with van der Waals surface area (Å²) in [4.78, 5) is 30.0. The molecule has 1 amide bonds. The largest absolute Gasteiger partial charge is 0.506 e. The maximum absolute atomic E-state index is 16.4. The topological polar surface area (TPSA) is 105 Å². The Kier molecular flexibility index (Phi) is 7.60. The molecule has 1 unspecified atom stereocenters. The van der Waals surface area contributed by atoms with Gasteiger partial charge < -0.3 is 19.7 Å². The highest BCUT2D eigenvalue weighted by atomic mass is 19.1. The summed E-state index contributed by atoms with van der Waals surface area (Å²) in [6.45, 7) is 4.19. The highest BCUT2D eigenvalue weighted by molar-refractivity contribution is 6.12. The second kappa shape index (κ2) is 11.9. The highest BCUT2D eigenvalue weighted by Crippen LogP contribution is 2.51. The molecule has 7 rings (SSSR count). The van der Waals surface area contributed by atoms with Crippen molar-refractivity contribution in [3.8, 4) is 22.8 Å². The fraction of sp³-hybridized carbons (Fsp3) is 0.184. The number of hydrogen-bond acceptors (Lipinski definition) is 7. The lowest BCUT2D eigenvalue weighted by Gasteiger charge is -2.37. The van der Waals surface area contributed by atoms with Gasteiger partial charge in [0.1, 0.15) is 29.6 Å². The van der Waals surface area contributed by atoms with E-state index in [9.17, 15) is 14.7 Å². The van der Waals surface area contributed by atoms with Crippen LogP contribution < -0.4 is 15.0 Å². The molecule has 0 fully saturated rings. The average molecular weight is 630 g/mol. The summed E-state index contributed by atoms with van der Waals surface area (Å²) in [5, 5.41) is 18.4. The summed E-state index contributed by atoms with van der Waals surface area (Å²) in [6.07, 6.45) is 0.624. The van der Waals surface area contributed by atoms with Crippen LogP contribution in [0.25, 0.3) is 11.3 Å². The summed E-state index contributed by atoms with van der Waals surface area (Å²) in [7, 11) is 0. The van der Waals surface area contributed by atoms with Gasteiger partial charge in [-0.1, -0.05) is 85.7 Å². The monoisotopic (exact) mass is 629 g/mol. The number of halogens is 1. The molecule has 1 atom stereocenters. The van der Waals surface area contributed by atoms with Crippen molar-refractivity contribution in [2.75, 3.05) is 10.2 Å². The van der Waals surface area contributed by atoms with Gasteiger partial charge >= 0.3 is 0 Å². The molecule has 2 N–H and O–H groups in total. The van der Waals surface area contributed by atoms with E-state index in [1.165, 1.54) is 23.1 Å². The molecule has 0 spiro atoms. The first kappa shape index (κ1) is 30.0. The molecular weight excluding hydrogens is 597 g/mol. The molecule has 5 aromatic rings. The number of rotatable bonds is 6. The number of fused-ring (bicyclic) bond motifs is 1. The van der Waals surface area contributed by atoms with E-state index < -0.39 is 23.2 Å². The Labute approximate surface area is 271 Å². The molecule has 236 valence electrons. The van der Waals surface area contributed by atoms with Crippen molar-refractivity contribution < 1.29 is 28.3 Å². The number of phenolic OH excluding ortho intramolecular Hbond substituents is 1. The number of phenols is 1. The number of nitrogens with zero attached hydrogens (tertiary/aromatic N) is 2. The van der Waals surface area contributed by atoms with E-state index in [1.807, 2.05) is 74.5 Å². The number of amides is 1. The first-order valence-electron chi connectivity index (χ1n) is 15.4. The van der Waals surface area contributed by atoms with Crippen LogP contribution in [0.3, 0.4) is 0 Å². The molecule has 47 heavy (non-hydrogen) atoms. The third-order valence-electron chi connectivity index (χ3n) is 8.53. The number of ether oxygens (including phenoxy) is 1. The molecule has 8 nitrogen and oxygen atoms in total. The molecule has 9 heteroatoms. The summed E-state index contributed by atoms with van der Waals surface area (Å²) in [6, 6.07) is 28.2. The maximum Gasteiger partial charge on any atom is 0.281 e. The molecule has 1 aliphatic heterocycles. The van der Waals surface area contributed by atoms with Gasteiger partial charge in [0.2, 0.25) is 0 Å². The lowest BCUT2D eigenvalue weighted by Crippen LogP contribution is -2.40. The molecular formula is C38H32FN3O5. The third kappa shape index (κ3) is 5.76. The Morgan fingerprint density at radius 1 is 1.00 bits per heavy atom. The van der Waals surface area contributed by atoms with Crippen molar-refractivity contribution in [2.45, 2.75) is 39.3 Å². The van der Waals surface area contributed by atoms with Crippen LogP contribution >= 0.6 is 0 Å². The summed E-state index contributed by atoms with van der Waals surface area (Å²) in [5.41, 5.74) is 2.53. The minimum Gasteiger partial charge on any atom is -0.506 e. The van der Waals surface area contributed by atoms with Gasteiger partial charge in [0.15, 0.2) is 17.2 Å². The van der Waals surface area contributed by atoms with Crippen molar-refractivity contribution in [3.05, 3.63) is 137 Å². The van der Waals surface area contributed by atoms with Crippen molar-refractivity contribution in [1.82, 2.24) is 5.16 Å². The molecule has 2 aliphatic rings. The van der Waals surface area contributed by atoms with E-state index in [2.05, 4.69) is 10.5 Å². The van der Waals surface area contributed by atoms with Gasteiger partial charge in [0, 0.05) is 41.0 Å². The van der Waals surface area contributed by atoms with Crippen LogP contribution in [0.5, 0.6) is 11.5 Å². The fourth-order valence-electron chi connectivity index (χ4n) is 6.36. The van der Waals surface area contributed by atoms with Gasteiger partial charge in [0.25, 0.3) is 5.91 Å². The van der Waals surface area contributed by atoms with Gasteiger partial charge in [-0.3, -0.25) is 14.5 Å². The molecule has 0 radical (unpaired) electrons. The Balaban J connectivity index is 1.38. The number of carbonyl (C=O) groups excluding carboxylic acids is 2. The van der Waals surface area contributed by atoms with Gasteiger partial charge in [0.05, 0.1) is 11.7 Å². The second-order valence-electron chi connectivity index (χ2n) is 12.6.